The number of hydrogen-bond acceptors (Lipinski definition) is 8. The number of carbonyl (C=O) groups is 2. The highest BCUT2D eigenvalue weighted by Gasteiger charge is 2.34. The van der Waals surface area contributed by atoms with Crippen molar-refractivity contribution in [2.75, 3.05) is 26.3 Å². The van der Waals surface area contributed by atoms with Crippen molar-refractivity contribution in [2.45, 2.75) is 90.5 Å². The minimum Gasteiger partial charge on any atom is -0.475 e. The summed E-state index contributed by atoms with van der Waals surface area (Å²) in [6, 6.07) is 1.67. The third-order valence-corrected chi connectivity index (χ3v) is 5.45. The summed E-state index contributed by atoms with van der Waals surface area (Å²) in [6.45, 7) is 13.0. The Kier molecular flexibility index (Phi) is 8.09. The van der Waals surface area contributed by atoms with E-state index in [1.165, 1.54) is 0 Å². The van der Waals surface area contributed by atoms with Crippen LogP contribution in [-0.4, -0.2) is 81.5 Å². The fourth-order valence-corrected chi connectivity index (χ4v) is 3.97. The molecule has 2 aliphatic rings. The first-order valence-corrected chi connectivity index (χ1v) is 12.0. The van der Waals surface area contributed by atoms with Crippen molar-refractivity contribution in [1.29, 1.82) is 0 Å². The van der Waals surface area contributed by atoms with E-state index in [-0.39, 0.29) is 36.9 Å². The summed E-state index contributed by atoms with van der Waals surface area (Å²) in [5, 5.41) is 0. The molecule has 1 aromatic heterocycles. The zero-order valence-electron chi connectivity index (χ0n) is 21.2. The van der Waals surface area contributed by atoms with Gasteiger partial charge in [0, 0.05) is 25.4 Å². The predicted molar refractivity (Wildman–Crippen MR) is 125 cm³/mol. The SMILES string of the molecule is CC(C)(C)OC(=O)N1CCC[C@@H]1COc1nccc(OC[C@@H]2CCCN2C(=O)OC(C)(C)C)n1. The first kappa shape index (κ1) is 25.8. The van der Waals surface area contributed by atoms with Crippen LogP contribution in [0.1, 0.15) is 67.2 Å². The summed E-state index contributed by atoms with van der Waals surface area (Å²) >= 11 is 0. The van der Waals surface area contributed by atoms with Gasteiger partial charge in [0.05, 0.1) is 12.1 Å². The van der Waals surface area contributed by atoms with Crippen LogP contribution in [0.4, 0.5) is 9.59 Å². The van der Waals surface area contributed by atoms with Gasteiger partial charge in [0.15, 0.2) is 0 Å². The number of aromatic nitrogens is 2. The van der Waals surface area contributed by atoms with Crippen LogP contribution in [0.25, 0.3) is 0 Å². The average Bonchev–Trinajstić information content (AvgIpc) is 3.38. The van der Waals surface area contributed by atoms with E-state index >= 15 is 0 Å². The quantitative estimate of drug-likeness (QED) is 0.604. The van der Waals surface area contributed by atoms with Crippen molar-refractivity contribution < 1.29 is 28.5 Å². The number of amides is 2. The first-order valence-electron chi connectivity index (χ1n) is 12.0. The number of carbonyl (C=O) groups excluding carboxylic acids is 2. The Morgan fingerprint density at radius 3 is 1.88 bits per heavy atom. The largest absolute Gasteiger partial charge is 0.475 e. The van der Waals surface area contributed by atoms with Gasteiger partial charge in [0.2, 0.25) is 5.88 Å². The Morgan fingerprint density at radius 1 is 0.882 bits per heavy atom. The third-order valence-electron chi connectivity index (χ3n) is 5.45. The van der Waals surface area contributed by atoms with Gasteiger partial charge in [-0.15, -0.1) is 0 Å². The van der Waals surface area contributed by atoms with Crippen LogP contribution in [-0.2, 0) is 9.47 Å². The van der Waals surface area contributed by atoms with Gasteiger partial charge in [-0.25, -0.2) is 14.6 Å². The number of rotatable bonds is 6. The normalized spacial score (nSPS) is 20.9. The molecule has 0 saturated carbocycles. The zero-order valence-corrected chi connectivity index (χ0v) is 21.2. The maximum Gasteiger partial charge on any atom is 0.410 e. The van der Waals surface area contributed by atoms with E-state index in [2.05, 4.69) is 9.97 Å². The summed E-state index contributed by atoms with van der Waals surface area (Å²) in [6.07, 6.45) is 4.39. The molecule has 2 saturated heterocycles. The van der Waals surface area contributed by atoms with E-state index in [1.807, 2.05) is 41.5 Å². The highest BCUT2D eigenvalue weighted by Crippen LogP contribution is 2.23. The molecule has 3 heterocycles. The molecule has 0 spiro atoms. The van der Waals surface area contributed by atoms with Crippen LogP contribution in [0.2, 0.25) is 0 Å². The van der Waals surface area contributed by atoms with Gasteiger partial charge in [0.1, 0.15) is 24.4 Å². The molecule has 0 bridgehead atoms. The number of nitrogens with zero attached hydrogens (tertiary/aromatic N) is 4. The number of likely N-dealkylation sites (tertiary alicyclic amines) is 2. The van der Waals surface area contributed by atoms with Gasteiger partial charge in [-0.3, -0.25) is 0 Å². The second kappa shape index (κ2) is 10.7. The minimum atomic E-state index is -0.543. The maximum absolute atomic E-state index is 12.5. The van der Waals surface area contributed by atoms with Crippen molar-refractivity contribution in [3.05, 3.63) is 12.3 Å². The lowest BCUT2D eigenvalue weighted by molar-refractivity contribution is 0.0179. The van der Waals surface area contributed by atoms with Gasteiger partial charge in [0.25, 0.3) is 0 Å². The smallest absolute Gasteiger partial charge is 0.410 e. The molecular formula is C24H38N4O6. The van der Waals surface area contributed by atoms with Gasteiger partial charge in [-0.2, -0.15) is 4.98 Å². The van der Waals surface area contributed by atoms with E-state index in [9.17, 15) is 9.59 Å². The highest BCUT2D eigenvalue weighted by atomic mass is 16.6. The van der Waals surface area contributed by atoms with Crippen molar-refractivity contribution in [3.63, 3.8) is 0 Å². The summed E-state index contributed by atoms with van der Waals surface area (Å²) in [5.41, 5.74) is -1.08. The monoisotopic (exact) mass is 478 g/mol. The van der Waals surface area contributed by atoms with E-state index in [0.29, 0.717) is 25.6 Å². The van der Waals surface area contributed by atoms with E-state index in [1.54, 1.807) is 22.1 Å². The van der Waals surface area contributed by atoms with Crippen LogP contribution < -0.4 is 9.47 Å². The van der Waals surface area contributed by atoms with Crippen molar-refractivity contribution in [1.82, 2.24) is 19.8 Å². The zero-order chi connectivity index (χ0) is 24.9. The minimum absolute atomic E-state index is 0.0740. The molecule has 34 heavy (non-hydrogen) atoms. The van der Waals surface area contributed by atoms with E-state index in [0.717, 1.165) is 25.7 Å². The Hall–Kier alpha value is -2.78. The molecule has 3 rings (SSSR count). The van der Waals surface area contributed by atoms with E-state index < -0.39 is 11.2 Å². The molecule has 2 aliphatic heterocycles. The molecule has 190 valence electrons. The number of ether oxygens (including phenoxy) is 4. The lowest BCUT2D eigenvalue weighted by Gasteiger charge is -2.28. The van der Waals surface area contributed by atoms with Crippen molar-refractivity contribution in [2.24, 2.45) is 0 Å². The van der Waals surface area contributed by atoms with Crippen LogP contribution in [0.5, 0.6) is 11.9 Å². The maximum atomic E-state index is 12.5. The van der Waals surface area contributed by atoms with Gasteiger partial charge < -0.3 is 28.7 Å². The molecule has 2 amide bonds. The second-order valence-electron chi connectivity index (χ2n) is 10.7. The lowest BCUT2D eigenvalue weighted by atomic mass is 10.2. The topological polar surface area (TPSA) is 103 Å². The molecule has 10 nitrogen and oxygen atoms in total. The van der Waals surface area contributed by atoms with Crippen LogP contribution >= 0.6 is 0 Å². The predicted octanol–water partition coefficient (Wildman–Crippen LogP) is 4.03. The number of hydrogen-bond donors (Lipinski definition) is 0. The van der Waals surface area contributed by atoms with Gasteiger partial charge >= 0.3 is 18.2 Å². The summed E-state index contributed by atoms with van der Waals surface area (Å²) in [4.78, 5) is 36.8. The molecule has 0 aromatic carbocycles. The molecule has 1 aromatic rings. The Morgan fingerprint density at radius 2 is 1.38 bits per heavy atom. The fourth-order valence-electron chi connectivity index (χ4n) is 3.97. The molecule has 2 fully saturated rings. The standard InChI is InChI=1S/C24H38N4O6/c1-23(2,3)33-21(29)27-13-7-9-17(27)15-31-19-11-12-25-20(26-19)32-16-18-10-8-14-28(18)22(30)34-24(4,5)6/h11-12,17-18H,7-10,13-16H2,1-6H3/t17-,18+/m0/s1. The van der Waals surface area contributed by atoms with Crippen LogP contribution in [0, 0.1) is 0 Å². The molecule has 0 aliphatic carbocycles. The van der Waals surface area contributed by atoms with Crippen LogP contribution in [0.15, 0.2) is 12.3 Å². The lowest BCUT2D eigenvalue weighted by Crippen LogP contribution is -2.42. The molecular weight excluding hydrogens is 440 g/mol. The molecule has 10 heteroatoms. The molecule has 2 atom stereocenters. The third kappa shape index (κ3) is 7.63. The van der Waals surface area contributed by atoms with Crippen LogP contribution in [0.3, 0.4) is 0 Å². The first-order chi connectivity index (χ1) is 15.9. The van der Waals surface area contributed by atoms with Gasteiger partial charge in [-0.1, -0.05) is 0 Å². The Labute approximate surface area is 201 Å². The second-order valence-corrected chi connectivity index (χ2v) is 10.7. The fraction of sp³-hybridized carbons (Fsp3) is 0.750. The molecule has 0 unspecified atom stereocenters. The van der Waals surface area contributed by atoms with Crippen molar-refractivity contribution >= 4 is 12.2 Å². The molecule has 0 N–H and O–H groups in total. The van der Waals surface area contributed by atoms with Gasteiger partial charge in [-0.05, 0) is 67.2 Å². The Bertz CT molecular complexity index is 785. The summed E-state index contributed by atoms with van der Waals surface area (Å²) in [7, 11) is 0. The summed E-state index contributed by atoms with van der Waals surface area (Å²) < 4.78 is 22.7. The average molecular weight is 479 g/mol. The summed E-state index contributed by atoms with van der Waals surface area (Å²) in [5.74, 6) is 0.372. The van der Waals surface area contributed by atoms with Crippen molar-refractivity contribution in [3.8, 4) is 11.9 Å². The van der Waals surface area contributed by atoms with E-state index in [4.69, 9.17) is 18.9 Å². The molecule has 0 radical (unpaired) electrons. The highest BCUT2D eigenvalue weighted by molar-refractivity contribution is 5.69. The Balaban J connectivity index is 1.51.